The van der Waals surface area contributed by atoms with Gasteiger partial charge in [0, 0.05) is 45.1 Å². The summed E-state index contributed by atoms with van der Waals surface area (Å²) in [7, 11) is 2.05. The summed E-state index contributed by atoms with van der Waals surface area (Å²) in [6, 6.07) is 12.7. The van der Waals surface area contributed by atoms with Crippen LogP contribution >= 0.6 is 0 Å². The molecule has 2 aromatic heterocycles. The van der Waals surface area contributed by atoms with Crippen molar-refractivity contribution in [3.05, 3.63) is 48.2 Å². The largest absolute Gasteiger partial charge is 0.368 e. The fourth-order valence-corrected chi connectivity index (χ4v) is 3.28. The highest BCUT2D eigenvalue weighted by Crippen LogP contribution is 2.23. The standard InChI is InChI=1S/C18H21N5/c1-14-5-3-6-15(13-14)22-9-11-23(12-10-22)18-20-16-7-4-8-19-17(16)21(18)2/h3-8,13H,9-12H2,1-2H3. The second kappa shape index (κ2) is 5.57. The molecule has 0 bridgehead atoms. The molecule has 118 valence electrons. The average Bonchev–Trinajstić information content (AvgIpc) is 2.92. The van der Waals surface area contributed by atoms with Gasteiger partial charge in [0.1, 0.15) is 5.52 Å². The van der Waals surface area contributed by atoms with Gasteiger partial charge in [0.15, 0.2) is 5.65 Å². The van der Waals surface area contributed by atoms with E-state index in [2.05, 4.69) is 50.5 Å². The molecule has 1 aliphatic heterocycles. The first-order valence-corrected chi connectivity index (χ1v) is 8.06. The predicted octanol–water partition coefficient (Wildman–Crippen LogP) is 2.60. The highest BCUT2D eigenvalue weighted by atomic mass is 15.4. The molecule has 5 heteroatoms. The van der Waals surface area contributed by atoms with Crippen molar-refractivity contribution in [3.8, 4) is 0 Å². The van der Waals surface area contributed by atoms with E-state index in [-0.39, 0.29) is 0 Å². The fraction of sp³-hybridized carbons (Fsp3) is 0.333. The van der Waals surface area contributed by atoms with Gasteiger partial charge in [0.05, 0.1) is 0 Å². The highest BCUT2D eigenvalue weighted by Gasteiger charge is 2.21. The molecular weight excluding hydrogens is 286 g/mol. The topological polar surface area (TPSA) is 37.2 Å². The lowest BCUT2D eigenvalue weighted by molar-refractivity contribution is 0.631. The summed E-state index contributed by atoms with van der Waals surface area (Å²) in [6.45, 7) is 6.13. The van der Waals surface area contributed by atoms with E-state index in [1.54, 1.807) is 0 Å². The van der Waals surface area contributed by atoms with Crippen LogP contribution in [0, 0.1) is 6.92 Å². The van der Waals surface area contributed by atoms with Crippen molar-refractivity contribution in [2.75, 3.05) is 36.0 Å². The van der Waals surface area contributed by atoms with Gasteiger partial charge in [-0.15, -0.1) is 0 Å². The van der Waals surface area contributed by atoms with Gasteiger partial charge in [-0.05, 0) is 36.8 Å². The Hall–Kier alpha value is -2.56. The number of piperazine rings is 1. The van der Waals surface area contributed by atoms with Gasteiger partial charge in [-0.25, -0.2) is 9.97 Å². The van der Waals surface area contributed by atoms with E-state index in [1.807, 2.05) is 25.4 Å². The molecule has 0 aliphatic carbocycles. The van der Waals surface area contributed by atoms with Crippen LogP contribution in [0.4, 0.5) is 11.6 Å². The Balaban J connectivity index is 1.54. The number of hydrogen-bond donors (Lipinski definition) is 0. The molecule has 3 aromatic rings. The Morgan fingerprint density at radius 3 is 2.48 bits per heavy atom. The second-order valence-electron chi connectivity index (χ2n) is 6.13. The van der Waals surface area contributed by atoms with E-state index in [0.717, 1.165) is 43.3 Å². The number of aryl methyl sites for hydroxylation is 2. The summed E-state index contributed by atoms with van der Waals surface area (Å²) in [5.41, 5.74) is 4.54. The van der Waals surface area contributed by atoms with Crippen molar-refractivity contribution < 1.29 is 0 Å². The van der Waals surface area contributed by atoms with Crippen molar-refractivity contribution in [3.63, 3.8) is 0 Å². The molecule has 1 saturated heterocycles. The maximum Gasteiger partial charge on any atom is 0.207 e. The number of hydrogen-bond acceptors (Lipinski definition) is 4. The molecule has 1 aromatic carbocycles. The maximum absolute atomic E-state index is 4.76. The number of imidazole rings is 1. The molecule has 1 aliphatic rings. The third-order valence-electron chi connectivity index (χ3n) is 4.53. The van der Waals surface area contributed by atoms with Gasteiger partial charge < -0.3 is 9.80 Å². The van der Waals surface area contributed by atoms with Crippen LogP contribution in [0.3, 0.4) is 0 Å². The number of fused-ring (bicyclic) bond motifs is 1. The average molecular weight is 307 g/mol. The Labute approximate surface area is 136 Å². The van der Waals surface area contributed by atoms with E-state index < -0.39 is 0 Å². The monoisotopic (exact) mass is 307 g/mol. The maximum atomic E-state index is 4.76. The number of aromatic nitrogens is 3. The zero-order valence-corrected chi connectivity index (χ0v) is 13.6. The van der Waals surface area contributed by atoms with Crippen LogP contribution in [0.1, 0.15) is 5.56 Å². The van der Waals surface area contributed by atoms with Gasteiger partial charge in [0.2, 0.25) is 5.95 Å². The Kier molecular flexibility index (Phi) is 3.41. The number of rotatable bonds is 2. The fourth-order valence-electron chi connectivity index (χ4n) is 3.28. The third kappa shape index (κ3) is 2.52. The quantitative estimate of drug-likeness (QED) is 0.729. The molecule has 0 unspecified atom stereocenters. The van der Waals surface area contributed by atoms with E-state index in [0.29, 0.717) is 0 Å². The summed E-state index contributed by atoms with van der Waals surface area (Å²) in [4.78, 5) is 14.0. The molecule has 0 spiro atoms. The normalized spacial score (nSPS) is 15.4. The first kappa shape index (κ1) is 14.1. The van der Waals surface area contributed by atoms with Gasteiger partial charge >= 0.3 is 0 Å². The van der Waals surface area contributed by atoms with Crippen LogP contribution in [0.25, 0.3) is 11.2 Å². The minimum absolute atomic E-state index is 0.948. The lowest BCUT2D eigenvalue weighted by Crippen LogP contribution is -2.47. The minimum Gasteiger partial charge on any atom is -0.368 e. The van der Waals surface area contributed by atoms with Gasteiger partial charge in [0.25, 0.3) is 0 Å². The Bertz CT molecular complexity index is 830. The molecule has 0 radical (unpaired) electrons. The van der Waals surface area contributed by atoms with Gasteiger partial charge in [-0.2, -0.15) is 0 Å². The molecule has 0 N–H and O–H groups in total. The zero-order chi connectivity index (χ0) is 15.8. The number of benzene rings is 1. The summed E-state index contributed by atoms with van der Waals surface area (Å²) in [5, 5.41) is 0. The number of pyridine rings is 1. The van der Waals surface area contributed by atoms with Crippen LogP contribution < -0.4 is 9.80 Å². The molecular formula is C18H21N5. The first-order chi connectivity index (χ1) is 11.2. The molecule has 0 saturated carbocycles. The lowest BCUT2D eigenvalue weighted by Gasteiger charge is -2.36. The summed E-state index contributed by atoms with van der Waals surface area (Å²) in [6.07, 6.45) is 1.82. The van der Waals surface area contributed by atoms with Crippen LogP contribution in [0.2, 0.25) is 0 Å². The third-order valence-corrected chi connectivity index (χ3v) is 4.53. The number of anilines is 2. The predicted molar refractivity (Wildman–Crippen MR) is 94.1 cm³/mol. The van der Waals surface area contributed by atoms with Crippen LogP contribution in [-0.2, 0) is 7.05 Å². The minimum atomic E-state index is 0.948. The summed E-state index contributed by atoms with van der Waals surface area (Å²) < 4.78 is 2.09. The number of nitrogens with zero attached hydrogens (tertiary/aromatic N) is 5. The van der Waals surface area contributed by atoms with E-state index >= 15 is 0 Å². The van der Waals surface area contributed by atoms with Crippen molar-refractivity contribution in [1.82, 2.24) is 14.5 Å². The van der Waals surface area contributed by atoms with E-state index in [1.165, 1.54) is 11.3 Å². The van der Waals surface area contributed by atoms with E-state index in [4.69, 9.17) is 4.98 Å². The molecule has 3 heterocycles. The second-order valence-corrected chi connectivity index (χ2v) is 6.13. The van der Waals surface area contributed by atoms with Gasteiger partial charge in [-0.3, -0.25) is 4.57 Å². The zero-order valence-electron chi connectivity index (χ0n) is 13.6. The van der Waals surface area contributed by atoms with Gasteiger partial charge in [-0.1, -0.05) is 12.1 Å². The molecule has 4 rings (SSSR count). The van der Waals surface area contributed by atoms with Crippen LogP contribution in [0.5, 0.6) is 0 Å². The van der Waals surface area contributed by atoms with Crippen molar-refractivity contribution in [2.45, 2.75) is 6.92 Å². The van der Waals surface area contributed by atoms with Crippen LogP contribution in [-0.4, -0.2) is 40.7 Å². The lowest BCUT2D eigenvalue weighted by atomic mass is 10.2. The summed E-state index contributed by atoms with van der Waals surface area (Å²) >= 11 is 0. The van der Waals surface area contributed by atoms with E-state index in [9.17, 15) is 0 Å². The molecule has 0 amide bonds. The molecule has 5 nitrogen and oxygen atoms in total. The Morgan fingerprint density at radius 1 is 0.957 bits per heavy atom. The molecule has 1 fully saturated rings. The molecule has 0 atom stereocenters. The molecule has 23 heavy (non-hydrogen) atoms. The smallest absolute Gasteiger partial charge is 0.207 e. The van der Waals surface area contributed by atoms with Crippen molar-refractivity contribution >= 4 is 22.8 Å². The summed E-state index contributed by atoms with van der Waals surface area (Å²) in [5.74, 6) is 1.02. The van der Waals surface area contributed by atoms with Crippen molar-refractivity contribution in [1.29, 1.82) is 0 Å². The van der Waals surface area contributed by atoms with Crippen molar-refractivity contribution in [2.24, 2.45) is 7.05 Å². The Morgan fingerprint density at radius 2 is 1.74 bits per heavy atom. The highest BCUT2D eigenvalue weighted by molar-refractivity contribution is 5.74. The first-order valence-electron chi connectivity index (χ1n) is 8.06. The van der Waals surface area contributed by atoms with Crippen LogP contribution in [0.15, 0.2) is 42.6 Å². The SMILES string of the molecule is Cc1cccc(N2CCN(c3nc4cccnc4n3C)CC2)c1.